The molecule has 88 valence electrons. The third kappa shape index (κ3) is 8.47. The van der Waals surface area contributed by atoms with E-state index >= 15 is 0 Å². The van der Waals surface area contributed by atoms with Gasteiger partial charge in [0, 0.05) is 0 Å². The fourth-order valence-corrected chi connectivity index (χ4v) is 1.27. The molecule has 0 amide bonds. The second kappa shape index (κ2) is 5.53. The van der Waals surface area contributed by atoms with Crippen LogP contribution in [0.1, 0.15) is 6.42 Å². The number of carbonyl (C=O) groups is 1. The molecule has 1 N–H and O–H groups in total. The van der Waals surface area contributed by atoms with Crippen molar-refractivity contribution >= 4 is 13.6 Å². The van der Waals surface area contributed by atoms with Crippen LogP contribution in [-0.2, 0) is 13.9 Å². The van der Waals surface area contributed by atoms with E-state index in [0.29, 0.717) is 6.54 Å². The summed E-state index contributed by atoms with van der Waals surface area (Å²) >= 11 is 0. The second-order valence-corrected chi connectivity index (χ2v) is 5.00. The van der Waals surface area contributed by atoms with Gasteiger partial charge in [0.1, 0.15) is 0 Å². The van der Waals surface area contributed by atoms with Gasteiger partial charge in [-0.3, -0.25) is 13.9 Å². The highest BCUT2D eigenvalue weighted by Crippen LogP contribution is 2.30. The largest absolute Gasteiger partial charge is 0.756 e. The van der Waals surface area contributed by atoms with Gasteiger partial charge in [-0.25, -0.2) is 0 Å². The van der Waals surface area contributed by atoms with Gasteiger partial charge in [-0.1, -0.05) is 6.58 Å². The summed E-state index contributed by atoms with van der Waals surface area (Å²) in [4.78, 5) is 29.7. The molecule has 0 fully saturated rings. The van der Waals surface area contributed by atoms with E-state index in [-0.39, 0.29) is 23.4 Å². The smallest absolute Gasteiger partial charge is 0.269 e. The lowest BCUT2D eigenvalue weighted by atomic mass is 10.2. The van der Waals surface area contributed by atoms with E-state index in [1.54, 1.807) is 14.1 Å². The van der Waals surface area contributed by atoms with Crippen LogP contribution in [0.4, 0.5) is 0 Å². The van der Waals surface area contributed by atoms with Crippen LogP contribution < -0.4 is 4.89 Å². The summed E-state index contributed by atoms with van der Waals surface area (Å²) < 4.78 is 14.8. The Morgan fingerprint density at radius 3 is 2.60 bits per heavy atom. The minimum absolute atomic E-state index is 0.115. The van der Waals surface area contributed by atoms with Crippen LogP contribution in [0, 0.1) is 0 Å². The van der Waals surface area contributed by atoms with E-state index in [4.69, 9.17) is 4.89 Å². The number of ketones is 1. The molecule has 15 heavy (non-hydrogen) atoms. The molecule has 0 aliphatic carbocycles. The average molecular weight is 237 g/mol. The third-order valence-electron chi connectivity index (χ3n) is 1.76. The zero-order chi connectivity index (χ0) is 12.1. The van der Waals surface area contributed by atoms with Gasteiger partial charge < -0.3 is 14.3 Å². The number of nitrogens with zero attached hydrogens (tertiary/aromatic N) is 1. The van der Waals surface area contributed by atoms with Gasteiger partial charge in [0.2, 0.25) is 0 Å². The molecule has 0 rings (SSSR count). The predicted octanol–water partition coefficient (Wildman–Crippen LogP) is -0.357. The van der Waals surface area contributed by atoms with Crippen LogP contribution in [0.3, 0.4) is 0 Å². The van der Waals surface area contributed by atoms with E-state index in [1.165, 1.54) is 6.08 Å². The molecule has 0 aromatic carbocycles. The van der Waals surface area contributed by atoms with Crippen molar-refractivity contribution in [3.8, 4) is 0 Å². The Kier molecular flexibility index (Phi) is 5.34. The van der Waals surface area contributed by atoms with E-state index in [0.717, 1.165) is 0 Å². The van der Waals surface area contributed by atoms with Gasteiger partial charge in [0.05, 0.1) is 27.1 Å². The van der Waals surface area contributed by atoms with Crippen LogP contribution in [0.15, 0.2) is 12.7 Å². The van der Waals surface area contributed by atoms with Gasteiger partial charge >= 0.3 is 0 Å². The molecule has 0 radical (unpaired) electrons. The first kappa shape index (κ1) is 14.5. The fraction of sp³-hybridized carbons (Fsp3) is 0.625. The number of hydrogen-bond acceptors (Lipinski definition) is 4. The molecule has 0 spiro atoms. The maximum atomic E-state index is 10.9. The lowest BCUT2D eigenvalue weighted by Crippen LogP contribution is -2.43. The van der Waals surface area contributed by atoms with Crippen molar-refractivity contribution in [3.63, 3.8) is 0 Å². The summed E-state index contributed by atoms with van der Waals surface area (Å²) in [5, 5.41) is 0. The van der Waals surface area contributed by atoms with E-state index in [1.807, 2.05) is 0 Å². The SMILES string of the molecule is C=CC(=O)CC[N+](C)(C)COP(=O)([O-])O. The average Bonchev–Trinajstić information content (AvgIpc) is 2.10. The Labute approximate surface area is 89.0 Å². The number of quaternary nitrogens is 1. The number of carbonyl (C=O) groups excluding carboxylic acids is 1. The standard InChI is InChI=1S/C8H16NO5P/c1-4-8(10)5-6-9(2,3)7-14-15(11,12)13/h4H,1,5-7H2,2-3H3,(H-,11,12,13). The molecular formula is C8H16NO5P. The van der Waals surface area contributed by atoms with Crippen LogP contribution in [0.2, 0.25) is 0 Å². The summed E-state index contributed by atoms with van der Waals surface area (Å²) in [7, 11) is -1.31. The monoisotopic (exact) mass is 237 g/mol. The highest BCUT2D eigenvalue weighted by Gasteiger charge is 2.18. The highest BCUT2D eigenvalue weighted by atomic mass is 31.2. The fourth-order valence-electron chi connectivity index (χ4n) is 0.809. The van der Waals surface area contributed by atoms with Crippen molar-refractivity contribution in [2.24, 2.45) is 0 Å². The molecule has 0 aromatic rings. The topological polar surface area (TPSA) is 86.7 Å². The van der Waals surface area contributed by atoms with Crippen molar-refractivity contribution in [2.45, 2.75) is 6.42 Å². The molecule has 1 unspecified atom stereocenters. The van der Waals surface area contributed by atoms with E-state index < -0.39 is 7.82 Å². The van der Waals surface area contributed by atoms with E-state index in [2.05, 4.69) is 11.1 Å². The summed E-state index contributed by atoms with van der Waals surface area (Å²) in [6, 6.07) is 0. The Morgan fingerprint density at radius 2 is 2.20 bits per heavy atom. The predicted molar refractivity (Wildman–Crippen MR) is 52.6 cm³/mol. The van der Waals surface area contributed by atoms with Crippen molar-refractivity contribution in [1.82, 2.24) is 0 Å². The number of allylic oxidation sites excluding steroid dienone is 1. The lowest BCUT2D eigenvalue weighted by molar-refractivity contribution is -0.906. The van der Waals surface area contributed by atoms with Crippen LogP contribution in [0.25, 0.3) is 0 Å². The zero-order valence-corrected chi connectivity index (χ0v) is 9.77. The summed E-state index contributed by atoms with van der Waals surface area (Å²) in [5.41, 5.74) is 0. The van der Waals surface area contributed by atoms with Crippen molar-refractivity contribution in [2.75, 3.05) is 27.4 Å². The Morgan fingerprint density at radius 1 is 1.67 bits per heavy atom. The van der Waals surface area contributed by atoms with Crippen molar-refractivity contribution in [1.29, 1.82) is 0 Å². The molecule has 0 saturated carbocycles. The Hall–Kier alpha value is -0.520. The molecule has 0 saturated heterocycles. The molecule has 1 atom stereocenters. The molecule has 6 nitrogen and oxygen atoms in total. The van der Waals surface area contributed by atoms with Crippen LogP contribution in [0.5, 0.6) is 0 Å². The number of phosphoric acid groups is 1. The van der Waals surface area contributed by atoms with Gasteiger partial charge in [-0.05, 0) is 6.08 Å². The molecule has 0 aliphatic heterocycles. The molecule has 7 heteroatoms. The molecule has 0 aromatic heterocycles. The third-order valence-corrected chi connectivity index (χ3v) is 2.20. The highest BCUT2D eigenvalue weighted by molar-refractivity contribution is 7.44. The summed E-state index contributed by atoms with van der Waals surface area (Å²) in [6.45, 7) is 3.53. The molecule has 0 heterocycles. The van der Waals surface area contributed by atoms with Gasteiger partial charge in [-0.15, -0.1) is 0 Å². The minimum Gasteiger partial charge on any atom is -0.756 e. The normalized spacial score (nSPS) is 15.7. The maximum Gasteiger partial charge on any atom is 0.269 e. The summed E-state index contributed by atoms with van der Waals surface area (Å²) in [6.07, 6.45) is 1.47. The molecular weight excluding hydrogens is 221 g/mol. The molecule has 0 bridgehead atoms. The quantitative estimate of drug-likeness (QED) is 0.283. The number of hydrogen-bond donors (Lipinski definition) is 1. The van der Waals surface area contributed by atoms with E-state index in [9.17, 15) is 14.3 Å². The van der Waals surface area contributed by atoms with Gasteiger partial charge in [0.25, 0.3) is 7.82 Å². The number of phosphoric ester groups is 1. The zero-order valence-electron chi connectivity index (χ0n) is 8.88. The minimum atomic E-state index is -4.69. The maximum absolute atomic E-state index is 10.9. The first-order valence-corrected chi connectivity index (χ1v) is 5.81. The summed E-state index contributed by atoms with van der Waals surface area (Å²) in [5.74, 6) is -0.115. The lowest BCUT2D eigenvalue weighted by Gasteiger charge is -2.30. The van der Waals surface area contributed by atoms with Crippen LogP contribution >= 0.6 is 7.82 Å². The molecule has 0 aliphatic rings. The van der Waals surface area contributed by atoms with Crippen LogP contribution in [-0.4, -0.2) is 42.5 Å². The first-order chi connectivity index (χ1) is 6.66. The Bertz CT molecular complexity index is 283. The second-order valence-electron chi connectivity index (χ2n) is 3.81. The Balaban J connectivity index is 4.02. The van der Waals surface area contributed by atoms with Gasteiger partial charge in [-0.2, -0.15) is 0 Å². The van der Waals surface area contributed by atoms with Crippen molar-refractivity contribution in [3.05, 3.63) is 12.7 Å². The van der Waals surface area contributed by atoms with Gasteiger partial charge in [0.15, 0.2) is 12.5 Å². The number of rotatable bonds is 7. The van der Waals surface area contributed by atoms with Crippen molar-refractivity contribution < 1.29 is 28.2 Å². The first-order valence-electron chi connectivity index (χ1n) is 4.32.